The van der Waals surface area contributed by atoms with Crippen LogP contribution in [0.5, 0.6) is 0 Å². The molecule has 6 aliphatic heterocycles. The second-order valence-electron chi connectivity index (χ2n) is 26.6. The molecular formula is C68H91IN12O25P2Si. The SMILES string of the molecule is C#Cc1cn([C@H]2C[C@@H](O)[C@@H](CC)O2)c(=O)[nH]c1=O.C#Cc1cn([C@H]2C[C@@H](OP)[C@@H](CC)O2)c(=O)[nH]c1=O.CC[C@H]1O[C@@H](n2cc(C#C[Si](C)(C)C)c(=O)[nH]c2=O)C[C@H]1O.CC[C@H]1O[C@@H](n2cc(I)c(=O)[nH]c2=O)C[C@H]1O.CC[C@H]1O[C@@H](n2ccc(=O)[nH]c2=O)C[C@H]1O.O=c1ccn([C@H]2C[C@@H](OP)[C@@H](CO)O2)c(=O)[nH]1. The van der Waals surface area contributed by atoms with E-state index in [9.17, 15) is 78.0 Å². The van der Waals surface area contributed by atoms with Crippen LogP contribution < -0.4 is 67.5 Å². The number of aliphatic hydroxyl groups excluding tert-OH is 5. The molecule has 0 amide bonds. The molecule has 109 heavy (non-hydrogen) atoms. The largest absolute Gasteiger partial charge is 0.394 e. The Labute approximate surface area is 639 Å². The summed E-state index contributed by atoms with van der Waals surface area (Å²) in [5.74, 6) is 7.31. The molecule has 0 spiro atoms. The molecule has 37 nitrogen and oxygen atoms in total. The highest BCUT2D eigenvalue weighted by atomic mass is 127. The summed E-state index contributed by atoms with van der Waals surface area (Å²) in [4.78, 5) is 151. The maximum absolute atomic E-state index is 12.0. The van der Waals surface area contributed by atoms with Gasteiger partial charge in [0.15, 0.2) is 0 Å². The molecule has 6 saturated heterocycles. The van der Waals surface area contributed by atoms with Crippen LogP contribution in [0, 0.1) is 39.7 Å². The third-order valence-electron chi connectivity index (χ3n) is 18.0. The molecule has 6 aromatic rings. The maximum atomic E-state index is 12.0. The zero-order chi connectivity index (χ0) is 80.5. The number of aliphatic hydroxyl groups is 5. The molecule has 12 heterocycles. The van der Waals surface area contributed by atoms with Crippen molar-refractivity contribution in [1.82, 2.24) is 57.3 Å². The van der Waals surface area contributed by atoms with Gasteiger partial charge in [-0.25, -0.2) is 28.8 Å². The lowest BCUT2D eigenvalue weighted by Crippen LogP contribution is -2.33. The van der Waals surface area contributed by atoms with Gasteiger partial charge in [-0.1, -0.05) is 72.0 Å². The number of aromatic amines is 6. The van der Waals surface area contributed by atoms with Crippen LogP contribution in [0.3, 0.4) is 0 Å². The van der Waals surface area contributed by atoms with E-state index in [0.717, 1.165) is 6.42 Å². The van der Waals surface area contributed by atoms with E-state index < -0.39 is 143 Å². The number of hydrogen-bond donors (Lipinski definition) is 11. The average Bonchev–Trinajstić information content (AvgIpc) is 1.68. The predicted molar refractivity (Wildman–Crippen MR) is 410 cm³/mol. The van der Waals surface area contributed by atoms with Gasteiger partial charge in [-0.15, -0.1) is 18.4 Å². The first-order valence-electron chi connectivity index (χ1n) is 34.8. The van der Waals surface area contributed by atoms with Crippen molar-refractivity contribution >= 4 is 49.6 Å². The maximum Gasteiger partial charge on any atom is 0.330 e. The monoisotopic (exact) mass is 1690 g/mol. The van der Waals surface area contributed by atoms with Gasteiger partial charge in [0, 0.05) is 107 Å². The van der Waals surface area contributed by atoms with Crippen LogP contribution in [0.1, 0.15) is 159 Å². The van der Waals surface area contributed by atoms with Crippen molar-refractivity contribution in [1.29, 1.82) is 0 Å². The molecule has 12 rings (SSSR count). The minimum Gasteiger partial charge on any atom is -0.394 e. The van der Waals surface area contributed by atoms with Gasteiger partial charge < -0.3 is 63.0 Å². The van der Waals surface area contributed by atoms with Gasteiger partial charge in [0.2, 0.25) is 0 Å². The Hall–Kier alpha value is -7.95. The summed E-state index contributed by atoms with van der Waals surface area (Å²) in [6.07, 6.45) is 16.8. The van der Waals surface area contributed by atoms with Crippen LogP contribution in [0.15, 0.2) is 107 Å². The fraction of sp³-hybridized carbons (Fsp3) is 0.559. The van der Waals surface area contributed by atoms with E-state index >= 15 is 0 Å². The van der Waals surface area contributed by atoms with Gasteiger partial charge in [-0.3, -0.25) is 86.1 Å². The highest BCUT2D eigenvalue weighted by Gasteiger charge is 2.40. The van der Waals surface area contributed by atoms with Crippen molar-refractivity contribution in [2.75, 3.05) is 6.61 Å². The number of halogens is 1. The highest BCUT2D eigenvalue weighted by Crippen LogP contribution is 2.35. The summed E-state index contributed by atoms with van der Waals surface area (Å²) in [5.41, 5.74) is -2.65. The molecule has 6 fully saturated rings. The van der Waals surface area contributed by atoms with E-state index in [1.54, 1.807) is 0 Å². The summed E-state index contributed by atoms with van der Waals surface area (Å²) in [6.45, 7) is 15.6. The first-order chi connectivity index (χ1) is 51.7. The van der Waals surface area contributed by atoms with Crippen LogP contribution in [-0.4, -0.2) is 171 Å². The van der Waals surface area contributed by atoms with E-state index in [2.05, 4.69) is 91.8 Å². The molecule has 11 N–H and O–H groups in total. The molecule has 41 heteroatoms. The standard InChI is InChI=1S/C15H22N2O4Si.C12H15N2O4P.C12H14N2O4.C10H13IN2O4.C10H14N2O4.C9H13N2O5P/c1-5-12-11(18)8-13(21-12)17-9-10(6-7-22(2,3)4)14(19)16-15(17)20;1-3-7-6-14(12(16)13-11(7)15)10-5-9(18-19)8(4-2)17-10;1-3-7-6-14(12(17)13-11(7)16)10-5-8(15)9(4-2)18-10;1-2-7-6(14)3-8(17-7)13-4-5(11)9(15)12-10(13)16;1-2-7-6(13)5-9(16-7)12-4-3-8(14)11-10(12)15;12-4-6-5(16-17)3-8(15-6)11-2-1-7(13)10-9(11)14/h9,11-13,18H,5,8H2,1-4H3,(H,16,19,20);1,6,8-10H,4-5,19H2,2H3,(H,13,15,16);1,6,8-10,15H,4-5H2,2H3,(H,13,16,17);4,6-8,14H,2-3H2,1H3,(H,12,15,16);3-4,6-7,9,13H,2,5H2,1H3,(H,11,14,15);1-2,5-6,8,12H,3-4,17H2,(H,10,13,14)/t11-,12-,13-;2*8-,9-,10-;6-,7-,8-;6-,7-,9-;5-,6-,8-/m111111/s1. The van der Waals surface area contributed by atoms with E-state index in [1.165, 1.54) is 76.7 Å². The molecule has 2 unspecified atom stereocenters. The van der Waals surface area contributed by atoms with Crippen LogP contribution in [0.4, 0.5) is 0 Å². The molecule has 0 radical (unpaired) electrons. The molecular weight excluding hydrogens is 1600 g/mol. The molecule has 0 aromatic carbocycles. The normalized spacial score (nSPS) is 27.3. The first kappa shape index (κ1) is 88.3. The number of nitrogens with zero attached hydrogens (tertiary/aromatic N) is 6. The Morgan fingerprint density at radius 2 is 0.725 bits per heavy atom. The lowest BCUT2D eigenvalue weighted by atomic mass is 10.1. The number of hydrogen-bond acceptors (Lipinski definition) is 25. The van der Waals surface area contributed by atoms with E-state index in [0.29, 0.717) is 67.8 Å². The van der Waals surface area contributed by atoms with E-state index in [1.807, 2.05) is 57.2 Å². The number of aromatic nitrogens is 12. The Bertz CT molecular complexity index is 5010. The number of nitrogens with one attached hydrogen (secondary N) is 6. The Morgan fingerprint density at radius 1 is 0.440 bits per heavy atom. The smallest absolute Gasteiger partial charge is 0.330 e. The number of rotatable bonds is 14. The number of ether oxygens (including phenoxy) is 6. The highest BCUT2D eigenvalue weighted by molar-refractivity contribution is 14.1. The number of H-pyrrole nitrogens is 6. The third kappa shape index (κ3) is 23.1. The summed E-state index contributed by atoms with van der Waals surface area (Å²) in [6, 6.07) is 2.50. The molecule has 6 aliphatic rings. The Balaban J connectivity index is 0.000000182. The summed E-state index contributed by atoms with van der Waals surface area (Å²) in [5, 5.41) is 48.1. The van der Waals surface area contributed by atoms with E-state index in [4.69, 9.17) is 55.4 Å². The van der Waals surface area contributed by atoms with Gasteiger partial charge in [0.25, 0.3) is 33.4 Å². The van der Waals surface area contributed by atoms with Gasteiger partial charge >= 0.3 is 34.1 Å². The van der Waals surface area contributed by atoms with Crippen LogP contribution in [0.2, 0.25) is 19.6 Å². The molecule has 20 atom stereocenters. The fourth-order valence-electron chi connectivity index (χ4n) is 12.2. The quantitative estimate of drug-likeness (QED) is 0.0285. The third-order valence-corrected chi connectivity index (χ3v) is 20.3. The molecule has 0 aliphatic carbocycles. The number of terminal acetylenes is 2. The van der Waals surface area contributed by atoms with Crippen molar-refractivity contribution in [3.63, 3.8) is 0 Å². The van der Waals surface area contributed by atoms with Crippen LogP contribution in [0.25, 0.3) is 0 Å². The molecule has 0 bridgehead atoms. The van der Waals surface area contributed by atoms with Gasteiger partial charge in [0.1, 0.15) is 68.2 Å². The summed E-state index contributed by atoms with van der Waals surface area (Å²) >= 11 is 1.85. The Morgan fingerprint density at radius 3 is 1.03 bits per heavy atom. The summed E-state index contributed by atoms with van der Waals surface area (Å²) in [7, 11) is 2.70. The van der Waals surface area contributed by atoms with Crippen molar-refractivity contribution in [3.05, 3.63) is 195 Å². The zero-order valence-corrected chi connectivity index (χ0v) is 66.2. The first-order valence-corrected chi connectivity index (χ1v) is 40.3. The van der Waals surface area contributed by atoms with Crippen molar-refractivity contribution in [3.8, 4) is 36.2 Å². The van der Waals surface area contributed by atoms with Crippen molar-refractivity contribution < 1.29 is 63.0 Å². The minimum absolute atomic E-state index is 0.0626. The molecule has 594 valence electrons. The second kappa shape index (κ2) is 40.3. The lowest BCUT2D eigenvalue weighted by Gasteiger charge is -2.15. The summed E-state index contributed by atoms with van der Waals surface area (Å²) < 4.78 is 52.0. The van der Waals surface area contributed by atoms with Gasteiger partial charge in [-0.05, 0) is 54.7 Å². The van der Waals surface area contributed by atoms with E-state index in [-0.39, 0.29) is 66.0 Å². The lowest BCUT2D eigenvalue weighted by molar-refractivity contribution is -0.0402. The second-order valence-corrected chi connectivity index (χ2v) is 33.1. The fourth-order valence-corrected chi connectivity index (χ4v) is 13.7. The zero-order valence-electron chi connectivity index (χ0n) is 60.8. The average molecular weight is 1690 g/mol. The Kier molecular flexibility index (Phi) is 32.6. The van der Waals surface area contributed by atoms with Crippen LogP contribution in [-0.2, 0) is 37.5 Å². The topological polar surface area (TPSA) is 504 Å². The predicted octanol–water partition coefficient (Wildman–Crippen LogP) is -0.423. The van der Waals surface area contributed by atoms with Gasteiger partial charge in [0.05, 0.1) is 77.3 Å². The van der Waals surface area contributed by atoms with Crippen molar-refractivity contribution in [2.45, 2.75) is 236 Å². The molecule has 0 saturated carbocycles. The minimum atomic E-state index is -1.63. The van der Waals surface area contributed by atoms with Gasteiger partial charge in [-0.2, -0.15) is 0 Å². The van der Waals surface area contributed by atoms with Crippen molar-refractivity contribution in [2.24, 2.45) is 0 Å². The van der Waals surface area contributed by atoms with Crippen LogP contribution >= 0.6 is 41.5 Å². The molecule has 6 aromatic heterocycles.